The first-order chi connectivity index (χ1) is 11.1. The van der Waals surface area contributed by atoms with E-state index in [0.29, 0.717) is 5.84 Å². The predicted octanol–water partition coefficient (Wildman–Crippen LogP) is 3.10. The Bertz CT molecular complexity index is 676. The molecule has 3 rings (SSSR count). The lowest BCUT2D eigenvalue weighted by molar-refractivity contribution is 0.411. The molecule has 5 heteroatoms. The minimum atomic E-state index is 0.597. The van der Waals surface area contributed by atoms with Crippen LogP contribution in [-0.4, -0.2) is 44.5 Å². The summed E-state index contributed by atoms with van der Waals surface area (Å²) in [7, 11) is 4.24. The van der Waals surface area contributed by atoms with Crippen molar-refractivity contribution in [3.05, 3.63) is 46.2 Å². The van der Waals surface area contributed by atoms with E-state index in [1.165, 1.54) is 17.7 Å². The first kappa shape index (κ1) is 16.0. The molecular weight excluding hydrogens is 304 g/mol. The van der Waals surface area contributed by atoms with Crippen molar-refractivity contribution in [2.24, 2.45) is 10.7 Å². The van der Waals surface area contributed by atoms with Crippen molar-refractivity contribution >= 4 is 28.5 Å². The van der Waals surface area contributed by atoms with E-state index in [9.17, 15) is 0 Å². The normalized spacial score (nSPS) is 15.1. The van der Waals surface area contributed by atoms with E-state index < -0.39 is 0 Å². The molecule has 2 N–H and O–H groups in total. The van der Waals surface area contributed by atoms with Crippen LogP contribution in [0.2, 0.25) is 0 Å². The van der Waals surface area contributed by atoms with E-state index in [0.717, 1.165) is 36.6 Å². The Hall–Kier alpha value is -1.85. The Labute approximate surface area is 142 Å². The van der Waals surface area contributed by atoms with Gasteiger partial charge in [0.2, 0.25) is 0 Å². The number of benzene rings is 1. The van der Waals surface area contributed by atoms with Gasteiger partial charge in [-0.05, 0) is 62.1 Å². The fourth-order valence-electron chi connectivity index (χ4n) is 2.90. The lowest BCUT2D eigenvalue weighted by atomic mass is 10.0. The fraction of sp³-hybridized carbons (Fsp3) is 0.389. The van der Waals surface area contributed by atoms with Crippen LogP contribution >= 0.6 is 11.3 Å². The molecule has 0 aliphatic carbocycles. The number of likely N-dealkylation sites (N-methyl/N-ethyl adjacent to an activating group) is 1. The fourth-order valence-corrected chi connectivity index (χ4v) is 3.53. The molecule has 0 saturated carbocycles. The van der Waals surface area contributed by atoms with Gasteiger partial charge in [0, 0.05) is 25.3 Å². The Kier molecular flexibility index (Phi) is 4.98. The highest BCUT2D eigenvalue weighted by atomic mass is 32.1. The van der Waals surface area contributed by atoms with Gasteiger partial charge in [-0.2, -0.15) is 0 Å². The number of hydrogen-bond acceptors (Lipinski definition) is 4. The minimum Gasteiger partial charge on any atom is -0.383 e. The van der Waals surface area contributed by atoms with Gasteiger partial charge < -0.3 is 15.5 Å². The maximum Gasteiger partial charge on any atom is 0.141 e. The van der Waals surface area contributed by atoms with Gasteiger partial charge in [-0.25, -0.2) is 4.99 Å². The summed E-state index contributed by atoms with van der Waals surface area (Å²) in [5, 5.41) is 2.02. The van der Waals surface area contributed by atoms with Crippen LogP contribution in [0.5, 0.6) is 0 Å². The van der Waals surface area contributed by atoms with Gasteiger partial charge in [0.05, 0.1) is 10.6 Å². The van der Waals surface area contributed by atoms with Crippen LogP contribution in [0.15, 0.2) is 40.7 Å². The van der Waals surface area contributed by atoms with Gasteiger partial charge in [0.15, 0.2) is 0 Å². The quantitative estimate of drug-likeness (QED) is 0.677. The number of thiophene rings is 1. The first-order valence-electron chi connectivity index (χ1n) is 8.04. The number of fused-ring (bicyclic) bond motifs is 1. The Balaban J connectivity index is 1.80. The third-order valence-corrected chi connectivity index (χ3v) is 5.01. The minimum absolute atomic E-state index is 0.597. The lowest BCUT2D eigenvalue weighted by Crippen LogP contribution is -2.35. The second kappa shape index (κ2) is 7.15. The highest BCUT2D eigenvalue weighted by Gasteiger charge is 2.17. The smallest absolute Gasteiger partial charge is 0.141 e. The SMILES string of the molecule is CN(C)CCN1CCCc2cc(N=C(N)c3cccs3)ccc21. The van der Waals surface area contributed by atoms with Crippen LogP contribution in [-0.2, 0) is 6.42 Å². The average Bonchev–Trinajstić information content (AvgIpc) is 3.07. The molecule has 0 spiro atoms. The summed E-state index contributed by atoms with van der Waals surface area (Å²) in [4.78, 5) is 10.3. The molecule has 0 radical (unpaired) electrons. The van der Waals surface area contributed by atoms with E-state index in [1.54, 1.807) is 11.3 Å². The number of aryl methyl sites for hydroxylation is 1. The molecule has 2 heterocycles. The predicted molar refractivity (Wildman–Crippen MR) is 100 cm³/mol. The third kappa shape index (κ3) is 3.92. The molecule has 2 aromatic rings. The van der Waals surface area contributed by atoms with Crippen molar-refractivity contribution in [3.63, 3.8) is 0 Å². The molecule has 0 saturated heterocycles. The number of amidine groups is 1. The topological polar surface area (TPSA) is 44.9 Å². The maximum atomic E-state index is 6.10. The zero-order chi connectivity index (χ0) is 16.2. The third-order valence-electron chi connectivity index (χ3n) is 4.12. The molecule has 0 bridgehead atoms. The van der Waals surface area contributed by atoms with Crippen LogP contribution in [0.25, 0.3) is 0 Å². The molecule has 122 valence electrons. The van der Waals surface area contributed by atoms with Gasteiger partial charge in [0.1, 0.15) is 5.84 Å². The van der Waals surface area contributed by atoms with Gasteiger partial charge in [-0.1, -0.05) is 6.07 Å². The van der Waals surface area contributed by atoms with Crippen LogP contribution < -0.4 is 10.6 Å². The Morgan fingerprint density at radius 2 is 2.22 bits per heavy atom. The van der Waals surface area contributed by atoms with Gasteiger partial charge >= 0.3 is 0 Å². The number of aliphatic imine (C=N–C) groups is 1. The number of nitrogens with zero attached hydrogens (tertiary/aromatic N) is 3. The standard InChI is InChI=1S/C18H24N4S/c1-21(2)10-11-22-9-3-5-14-13-15(7-8-16(14)22)20-18(19)17-6-4-12-23-17/h4,6-8,12-13H,3,5,9-11H2,1-2H3,(H2,19,20). The van der Waals surface area contributed by atoms with Crippen molar-refractivity contribution in [2.45, 2.75) is 12.8 Å². The molecule has 0 atom stereocenters. The van der Waals surface area contributed by atoms with Crippen LogP contribution in [0.3, 0.4) is 0 Å². The number of hydrogen-bond donors (Lipinski definition) is 1. The van der Waals surface area contributed by atoms with Gasteiger partial charge in [0.25, 0.3) is 0 Å². The van der Waals surface area contributed by atoms with Crippen molar-refractivity contribution in [1.29, 1.82) is 0 Å². The van der Waals surface area contributed by atoms with Gasteiger partial charge in [-0.15, -0.1) is 11.3 Å². The average molecular weight is 328 g/mol. The Morgan fingerprint density at radius 1 is 1.35 bits per heavy atom. The molecule has 0 fully saturated rings. The van der Waals surface area contributed by atoms with E-state index in [4.69, 9.17) is 5.73 Å². The van der Waals surface area contributed by atoms with E-state index in [2.05, 4.69) is 47.1 Å². The summed E-state index contributed by atoms with van der Waals surface area (Å²) in [5.74, 6) is 0.597. The molecule has 23 heavy (non-hydrogen) atoms. The van der Waals surface area contributed by atoms with Crippen molar-refractivity contribution < 1.29 is 0 Å². The molecule has 0 unspecified atom stereocenters. The van der Waals surface area contributed by atoms with Crippen LogP contribution in [0, 0.1) is 0 Å². The highest BCUT2D eigenvalue weighted by molar-refractivity contribution is 7.12. The second-order valence-corrected chi connectivity index (χ2v) is 7.13. The Morgan fingerprint density at radius 3 is 2.96 bits per heavy atom. The summed E-state index contributed by atoms with van der Waals surface area (Å²) in [6, 6.07) is 10.5. The molecule has 4 nitrogen and oxygen atoms in total. The number of nitrogens with two attached hydrogens (primary N) is 1. The lowest BCUT2D eigenvalue weighted by Gasteiger charge is -2.32. The second-order valence-electron chi connectivity index (χ2n) is 6.18. The van der Waals surface area contributed by atoms with Gasteiger partial charge in [-0.3, -0.25) is 0 Å². The number of rotatable bonds is 5. The van der Waals surface area contributed by atoms with E-state index in [1.807, 2.05) is 17.5 Å². The number of anilines is 1. The maximum absolute atomic E-state index is 6.10. The molecule has 1 aliphatic rings. The summed E-state index contributed by atoms with van der Waals surface area (Å²) >= 11 is 1.62. The molecule has 1 aromatic heterocycles. The van der Waals surface area contributed by atoms with E-state index in [-0.39, 0.29) is 0 Å². The zero-order valence-electron chi connectivity index (χ0n) is 13.8. The summed E-state index contributed by atoms with van der Waals surface area (Å²) in [6.45, 7) is 3.28. The van der Waals surface area contributed by atoms with E-state index >= 15 is 0 Å². The monoisotopic (exact) mass is 328 g/mol. The van der Waals surface area contributed by atoms with Crippen LogP contribution in [0.1, 0.15) is 16.9 Å². The van der Waals surface area contributed by atoms with Crippen LogP contribution in [0.4, 0.5) is 11.4 Å². The zero-order valence-corrected chi connectivity index (χ0v) is 14.6. The largest absolute Gasteiger partial charge is 0.383 e. The first-order valence-corrected chi connectivity index (χ1v) is 8.92. The summed E-state index contributed by atoms with van der Waals surface area (Å²) in [6.07, 6.45) is 2.32. The van der Waals surface area contributed by atoms with Crippen molar-refractivity contribution in [2.75, 3.05) is 38.6 Å². The molecular formula is C18H24N4S. The molecule has 1 aliphatic heterocycles. The highest BCUT2D eigenvalue weighted by Crippen LogP contribution is 2.30. The summed E-state index contributed by atoms with van der Waals surface area (Å²) < 4.78 is 0. The van der Waals surface area contributed by atoms with Crippen molar-refractivity contribution in [3.8, 4) is 0 Å². The summed E-state index contributed by atoms with van der Waals surface area (Å²) in [5.41, 5.74) is 9.79. The molecule has 0 amide bonds. The van der Waals surface area contributed by atoms with Crippen molar-refractivity contribution in [1.82, 2.24) is 4.90 Å². The molecule has 1 aromatic carbocycles.